The molecule has 2 aromatic carbocycles. The molecule has 0 saturated heterocycles. The molecule has 0 aliphatic rings. The summed E-state index contributed by atoms with van der Waals surface area (Å²) in [5, 5.41) is 3.66. The number of ether oxygens (including phenoxy) is 2. The van der Waals surface area contributed by atoms with Gasteiger partial charge in [-0.1, -0.05) is 38.1 Å². The van der Waals surface area contributed by atoms with Gasteiger partial charge >= 0.3 is 0 Å². The van der Waals surface area contributed by atoms with Gasteiger partial charge in [0.25, 0.3) is 0 Å². The predicted octanol–water partition coefficient (Wildman–Crippen LogP) is 5.57. The Morgan fingerprint density at radius 3 is 1.77 bits per heavy atom. The lowest BCUT2D eigenvalue weighted by molar-refractivity contribution is -0.124. The van der Waals surface area contributed by atoms with Crippen LogP contribution in [0.15, 0.2) is 48.5 Å². The van der Waals surface area contributed by atoms with E-state index in [2.05, 4.69) is 10.3 Å². The number of aromatic nitrogens is 1. The molecule has 0 unspecified atom stereocenters. The van der Waals surface area contributed by atoms with Crippen molar-refractivity contribution < 1.29 is 14.3 Å². The lowest BCUT2D eigenvalue weighted by Crippen LogP contribution is -2.37. The van der Waals surface area contributed by atoms with E-state index in [4.69, 9.17) is 9.47 Å². The van der Waals surface area contributed by atoms with Crippen LogP contribution in [0, 0.1) is 19.3 Å². The number of carbonyl (C=O) groups is 1. The first-order valence-electron chi connectivity index (χ1n) is 9.79. The van der Waals surface area contributed by atoms with Crippen molar-refractivity contribution in [2.75, 3.05) is 19.5 Å². The van der Waals surface area contributed by atoms with Crippen molar-refractivity contribution >= 4 is 22.4 Å². The number of amides is 1. The predicted molar refractivity (Wildman–Crippen MR) is 122 cm³/mol. The summed E-state index contributed by atoms with van der Waals surface area (Å²) in [5.74, 6) is 1.32. The van der Waals surface area contributed by atoms with Gasteiger partial charge in [-0.3, -0.25) is 4.79 Å². The third-order valence-corrected chi connectivity index (χ3v) is 6.44. The van der Waals surface area contributed by atoms with Crippen molar-refractivity contribution in [2.45, 2.75) is 33.6 Å². The molecule has 1 N–H and O–H groups in total. The molecule has 3 rings (SSSR count). The number of thiazole rings is 1. The first kappa shape index (κ1) is 21.8. The Hall–Kier alpha value is -2.86. The average molecular weight is 425 g/mol. The van der Waals surface area contributed by atoms with Gasteiger partial charge in [-0.25, -0.2) is 4.98 Å². The number of rotatable bonds is 7. The lowest BCUT2D eigenvalue weighted by Gasteiger charge is -2.34. The van der Waals surface area contributed by atoms with Crippen LogP contribution in [-0.4, -0.2) is 25.1 Å². The molecule has 0 saturated carbocycles. The van der Waals surface area contributed by atoms with Gasteiger partial charge in [0.1, 0.15) is 11.5 Å². The molecule has 3 aromatic rings. The minimum absolute atomic E-state index is 0.0760. The molecule has 1 aromatic heterocycles. The zero-order chi connectivity index (χ0) is 21.9. The molecular weight excluding hydrogens is 396 g/mol. The number of carbonyl (C=O) groups excluding carboxylic acids is 1. The topological polar surface area (TPSA) is 60.5 Å². The Morgan fingerprint density at radius 2 is 1.40 bits per heavy atom. The fourth-order valence-corrected chi connectivity index (χ4v) is 4.34. The fraction of sp³-hybridized carbons (Fsp3) is 0.333. The molecule has 0 aliphatic carbocycles. The quantitative estimate of drug-likeness (QED) is 0.538. The van der Waals surface area contributed by atoms with Gasteiger partial charge in [-0.2, -0.15) is 0 Å². The van der Waals surface area contributed by atoms with Crippen molar-refractivity contribution in [3.63, 3.8) is 0 Å². The third-order valence-electron chi connectivity index (χ3n) is 5.45. The maximum atomic E-state index is 13.4. The van der Waals surface area contributed by atoms with Crippen LogP contribution >= 0.6 is 11.3 Å². The van der Waals surface area contributed by atoms with Crippen LogP contribution in [-0.2, 0) is 4.79 Å². The van der Waals surface area contributed by atoms with Crippen molar-refractivity contribution in [1.82, 2.24) is 4.98 Å². The van der Waals surface area contributed by atoms with E-state index in [0.29, 0.717) is 5.13 Å². The third kappa shape index (κ3) is 4.49. The number of nitrogens with zero attached hydrogens (tertiary/aromatic N) is 1. The van der Waals surface area contributed by atoms with Crippen LogP contribution in [0.25, 0.3) is 0 Å². The molecule has 0 atom stereocenters. The molecule has 0 bridgehead atoms. The molecule has 0 aliphatic heterocycles. The summed E-state index contributed by atoms with van der Waals surface area (Å²) in [6.45, 7) is 7.89. The highest BCUT2D eigenvalue weighted by Gasteiger charge is 2.39. The van der Waals surface area contributed by atoms with E-state index in [0.717, 1.165) is 33.2 Å². The van der Waals surface area contributed by atoms with Crippen molar-refractivity contribution in [3.8, 4) is 11.5 Å². The zero-order valence-electron chi connectivity index (χ0n) is 18.3. The van der Waals surface area contributed by atoms with E-state index >= 15 is 0 Å². The van der Waals surface area contributed by atoms with E-state index in [9.17, 15) is 4.79 Å². The number of benzene rings is 2. The van der Waals surface area contributed by atoms with E-state index in [1.54, 1.807) is 14.2 Å². The number of hydrogen-bond acceptors (Lipinski definition) is 5. The van der Waals surface area contributed by atoms with Crippen molar-refractivity contribution in [2.24, 2.45) is 5.41 Å². The summed E-state index contributed by atoms with van der Waals surface area (Å²) < 4.78 is 10.6. The Balaban J connectivity index is 2.00. The van der Waals surface area contributed by atoms with Gasteiger partial charge < -0.3 is 14.8 Å². The Kier molecular flexibility index (Phi) is 6.46. The Labute approximate surface area is 182 Å². The highest BCUT2D eigenvalue weighted by atomic mass is 32.1. The summed E-state index contributed by atoms with van der Waals surface area (Å²) >= 11 is 1.50. The fourth-order valence-electron chi connectivity index (χ4n) is 3.53. The maximum Gasteiger partial charge on any atom is 0.232 e. The van der Waals surface area contributed by atoms with Gasteiger partial charge in [0, 0.05) is 10.8 Å². The van der Waals surface area contributed by atoms with Gasteiger partial charge in [-0.05, 0) is 49.2 Å². The monoisotopic (exact) mass is 424 g/mol. The van der Waals surface area contributed by atoms with E-state index < -0.39 is 5.41 Å². The SMILES string of the molecule is COc1ccc(C(c2ccc(OC)cc2)C(C)(C)C(=O)Nc2nc(C)c(C)s2)cc1. The normalized spacial score (nSPS) is 11.4. The summed E-state index contributed by atoms with van der Waals surface area (Å²) in [5.41, 5.74) is 2.27. The largest absolute Gasteiger partial charge is 0.497 e. The number of methoxy groups -OCH3 is 2. The second kappa shape index (κ2) is 8.88. The first-order chi connectivity index (χ1) is 14.3. The average Bonchev–Trinajstić information content (AvgIpc) is 3.05. The van der Waals surface area contributed by atoms with Crippen LogP contribution in [0.3, 0.4) is 0 Å². The summed E-state index contributed by atoms with van der Waals surface area (Å²) in [7, 11) is 3.29. The van der Waals surface area contributed by atoms with Gasteiger partial charge in [0.05, 0.1) is 25.3 Å². The van der Waals surface area contributed by atoms with Crippen LogP contribution in [0.4, 0.5) is 5.13 Å². The smallest absolute Gasteiger partial charge is 0.232 e. The highest BCUT2D eigenvalue weighted by Crippen LogP contribution is 2.43. The number of anilines is 1. The minimum atomic E-state index is -0.739. The number of nitrogens with one attached hydrogen (secondary N) is 1. The molecule has 30 heavy (non-hydrogen) atoms. The molecule has 158 valence electrons. The van der Waals surface area contributed by atoms with Crippen LogP contribution in [0.1, 0.15) is 41.5 Å². The molecule has 5 nitrogen and oxygen atoms in total. The Morgan fingerprint density at radius 1 is 0.933 bits per heavy atom. The summed E-state index contributed by atoms with van der Waals surface area (Å²) in [4.78, 5) is 19.0. The second-order valence-electron chi connectivity index (χ2n) is 7.82. The van der Waals surface area contributed by atoms with E-state index in [-0.39, 0.29) is 11.8 Å². The minimum Gasteiger partial charge on any atom is -0.497 e. The molecule has 6 heteroatoms. The lowest BCUT2D eigenvalue weighted by atomic mass is 9.70. The van der Waals surface area contributed by atoms with Gasteiger partial charge in [-0.15, -0.1) is 11.3 Å². The first-order valence-corrected chi connectivity index (χ1v) is 10.6. The number of aryl methyl sites for hydroxylation is 2. The van der Waals surface area contributed by atoms with Crippen LogP contribution < -0.4 is 14.8 Å². The van der Waals surface area contributed by atoms with E-state index in [1.807, 2.05) is 76.2 Å². The summed E-state index contributed by atoms with van der Waals surface area (Å²) in [6, 6.07) is 15.8. The highest BCUT2D eigenvalue weighted by molar-refractivity contribution is 7.15. The molecule has 1 amide bonds. The zero-order valence-corrected chi connectivity index (χ0v) is 19.1. The summed E-state index contributed by atoms with van der Waals surface area (Å²) in [6.07, 6.45) is 0. The second-order valence-corrected chi connectivity index (χ2v) is 9.02. The van der Waals surface area contributed by atoms with Crippen LogP contribution in [0.2, 0.25) is 0 Å². The van der Waals surface area contributed by atoms with Gasteiger partial charge in [0.15, 0.2) is 5.13 Å². The Bertz CT molecular complexity index is 941. The molecule has 0 fully saturated rings. The van der Waals surface area contributed by atoms with Gasteiger partial charge in [0.2, 0.25) is 5.91 Å². The van der Waals surface area contributed by atoms with Crippen molar-refractivity contribution in [1.29, 1.82) is 0 Å². The standard InChI is InChI=1S/C24H28N2O3S/c1-15-16(2)30-23(25-15)26-22(27)24(3,4)21(17-7-11-19(28-5)12-8-17)18-9-13-20(29-6)14-10-18/h7-14,21H,1-6H3,(H,25,26,27). The number of hydrogen-bond donors (Lipinski definition) is 1. The maximum absolute atomic E-state index is 13.4. The molecular formula is C24H28N2O3S. The van der Waals surface area contributed by atoms with Crippen molar-refractivity contribution in [3.05, 3.63) is 70.2 Å². The molecule has 1 heterocycles. The molecule has 0 radical (unpaired) electrons. The van der Waals surface area contributed by atoms with E-state index in [1.165, 1.54) is 11.3 Å². The molecule has 0 spiro atoms. The van der Waals surface area contributed by atoms with Crippen LogP contribution in [0.5, 0.6) is 11.5 Å².